The zero-order valence-corrected chi connectivity index (χ0v) is 22.0. The number of Topliss-reactive ketones (excluding diaryl/α,β-unsaturated/α-hetero) is 2. The average molecular weight is 531 g/mol. The molecule has 0 heterocycles. The van der Waals surface area contributed by atoms with E-state index >= 15 is 0 Å². The lowest BCUT2D eigenvalue weighted by atomic mass is 9.54. The van der Waals surface area contributed by atoms with Crippen molar-refractivity contribution in [2.45, 2.75) is 44.1 Å². The molecule has 0 bridgehead atoms. The fourth-order valence-electron chi connectivity index (χ4n) is 6.46. The first-order valence-electron chi connectivity index (χ1n) is 12.3. The van der Waals surface area contributed by atoms with Crippen molar-refractivity contribution in [3.63, 3.8) is 0 Å². The van der Waals surface area contributed by atoms with Crippen LogP contribution in [0.3, 0.4) is 0 Å². The number of carbonyl (C=O) groups excluding carboxylic acids is 4. The summed E-state index contributed by atoms with van der Waals surface area (Å²) in [6, 6.07) is 0.739. The van der Waals surface area contributed by atoms with E-state index in [9.17, 15) is 39.6 Å². The Bertz CT molecular complexity index is 1270. The largest absolute Gasteiger partial charge is 0.507 e. The zero-order chi connectivity index (χ0) is 28.4. The van der Waals surface area contributed by atoms with Crippen molar-refractivity contribution < 1.29 is 39.6 Å². The first kappa shape index (κ1) is 27.6. The number of likely N-dealkylation sites (N-methyl/N-ethyl adjacent to an activating group) is 1. The summed E-state index contributed by atoms with van der Waals surface area (Å²) in [5.74, 6) is -8.23. The number of rotatable bonds is 5. The summed E-state index contributed by atoms with van der Waals surface area (Å²) in [6.07, 6.45) is -1.31. The van der Waals surface area contributed by atoms with Crippen molar-refractivity contribution in [3.05, 3.63) is 28.3 Å². The maximum atomic E-state index is 13.9. The topological polar surface area (TPSA) is 194 Å². The van der Waals surface area contributed by atoms with Crippen LogP contribution in [0.25, 0.3) is 5.76 Å². The Balaban J connectivity index is 1.93. The molecule has 0 aliphatic heterocycles. The van der Waals surface area contributed by atoms with E-state index < -0.39 is 58.7 Å². The maximum Gasteiger partial charge on any atom is 0.230 e. The first-order valence-corrected chi connectivity index (χ1v) is 12.3. The average Bonchev–Trinajstić information content (AvgIpc) is 2.80. The molecule has 2 saturated carbocycles. The van der Waals surface area contributed by atoms with E-state index in [0.717, 1.165) is 0 Å². The van der Waals surface area contributed by atoms with Gasteiger partial charge in [0.1, 0.15) is 17.4 Å². The molecule has 0 aromatic heterocycles. The molecule has 2 unspecified atom stereocenters. The number of nitrogens with zero attached hydrogens (tertiary/aromatic N) is 2. The summed E-state index contributed by atoms with van der Waals surface area (Å²) in [4.78, 5) is 54.3. The van der Waals surface area contributed by atoms with Crippen LogP contribution in [-0.2, 0) is 32.1 Å². The highest BCUT2D eigenvalue weighted by Crippen LogP contribution is 2.53. The second-order valence-corrected chi connectivity index (χ2v) is 10.9. The van der Waals surface area contributed by atoms with E-state index in [0.29, 0.717) is 16.8 Å². The van der Waals surface area contributed by atoms with Crippen molar-refractivity contribution in [1.29, 1.82) is 0 Å². The predicted molar refractivity (Wildman–Crippen MR) is 136 cm³/mol. The number of fused-ring (bicyclic) bond motifs is 3. The second kappa shape index (κ2) is 9.37. The number of amides is 2. The second-order valence-electron chi connectivity index (χ2n) is 10.9. The molecule has 1 aromatic carbocycles. The number of aromatic hydroxyl groups is 1. The van der Waals surface area contributed by atoms with Crippen LogP contribution in [0.5, 0.6) is 5.75 Å². The molecule has 12 heteroatoms. The fraction of sp³-hybridized carbons (Fsp3) is 0.538. The van der Waals surface area contributed by atoms with E-state index in [4.69, 9.17) is 5.73 Å². The molecule has 3 aliphatic carbocycles. The van der Waals surface area contributed by atoms with E-state index in [-0.39, 0.29) is 42.2 Å². The molecule has 2 fully saturated rings. The lowest BCUT2D eigenvalue weighted by Crippen LogP contribution is -2.73. The Morgan fingerprint density at radius 1 is 1.18 bits per heavy atom. The minimum atomic E-state index is -2.71. The Hall–Kier alpha value is -3.48. The number of hydrogen-bond acceptors (Lipinski definition) is 10. The van der Waals surface area contributed by atoms with Crippen LogP contribution >= 0.6 is 0 Å². The number of anilines is 1. The summed E-state index contributed by atoms with van der Waals surface area (Å²) in [5, 5.41) is 47.8. The molecule has 206 valence electrons. The minimum Gasteiger partial charge on any atom is -0.507 e. The van der Waals surface area contributed by atoms with Crippen molar-refractivity contribution in [3.8, 4) is 5.75 Å². The van der Waals surface area contributed by atoms with Gasteiger partial charge >= 0.3 is 0 Å². The van der Waals surface area contributed by atoms with Gasteiger partial charge in [0.2, 0.25) is 17.6 Å². The van der Waals surface area contributed by atoms with Crippen LogP contribution < -0.4 is 16.0 Å². The van der Waals surface area contributed by atoms with E-state index in [1.165, 1.54) is 6.92 Å². The predicted octanol–water partition coefficient (Wildman–Crippen LogP) is -1.17. The number of benzene rings is 1. The van der Waals surface area contributed by atoms with E-state index in [2.05, 4.69) is 5.32 Å². The van der Waals surface area contributed by atoms with Crippen molar-refractivity contribution in [1.82, 2.24) is 10.2 Å². The standard InChI is InChI=1S/C26H34N4O8/c1-10(31)28-9-12-8-15(29(2)3)13-6-11-7-14-19(30(4)5)22(34)18(25(27)37)24(36)26(14,38)23(35)16(11)21(33)17(13)20(12)32/h8,11,14,18-19,22,32-34,38H,6-7,9H2,1-5H3,(H2,27,37)(H,28,31)/t11-,14-,18?,19-,22?,26-/m1/s1. The number of phenolic OH excluding ortho intramolecular Hbond substituents is 1. The van der Waals surface area contributed by atoms with Crippen molar-refractivity contribution in [2.75, 3.05) is 33.1 Å². The molecule has 7 N–H and O–H groups in total. The number of nitrogens with two attached hydrogens (primary N) is 1. The van der Waals surface area contributed by atoms with Gasteiger partial charge in [0, 0.05) is 56.3 Å². The highest BCUT2D eigenvalue weighted by molar-refractivity contribution is 6.25. The molecule has 6 atom stereocenters. The van der Waals surface area contributed by atoms with Gasteiger partial charge in [-0.25, -0.2) is 0 Å². The number of phenols is 1. The molecule has 0 saturated heterocycles. The number of nitrogens with one attached hydrogen (secondary N) is 1. The lowest BCUT2D eigenvalue weighted by molar-refractivity contribution is -0.184. The zero-order valence-electron chi connectivity index (χ0n) is 22.0. The van der Waals surface area contributed by atoms with E-state index in [1.54, 1.807) is 44.1 Å². The molecular formula is C26H34N4O8. The number of primary amides is 1. The highest BCUT2D eigenvalue weighted by atomic mass is 16.3. The van der Waals surface area contributed by atoms with Crippen molar-refractivity contribution >= 4 is 34.8 Å². The van der Waals surface area contributed by atoms with Crippen LogP contribution in [0.1, 0.15) is 30.0 Å². The monoisotopic (exact) mass is 530 g/mol. The van der Waals surface area contributed by atoms with Gasteiger partial charge in [0.25, 0.3) is 0 Å². The number of aliphatic hydroxyl groups is 3. The van der Waals surface area contributed by atoms with Gasteiger partial charge in [0.15, 0.2) is 11.4 Å². The minimum absolute atomic E-state index is 0.0166. The molecule has 3 aliphatic rings. The third-order valence-corrected chi connectivity index (χ3v) is 8.15. The Labute approximate surface area is 219 Å². The van der Waals surface area contributed by atoms with Gasteiger partial charge < -0.3 is 41.3 Å². The lowest BCUT2D eigenvalue weighted by Gasteiger charge is -2.53. The van der Waals surface area contributed by atoms with Crippen molar-refractivity contribution in [2.24, 2.45) is 23.5 Å². The third kappa shape index (κ3) is 3.86. The molecule has 0 radical (unpaired) electrons. The Morgan fingerprint density at radius 2 is 1.82 bits per heavy atom. The summed E-state index contributed by atoms with van der Waals surface area (Å²) in [5.41, 5.74) is 3.95. The summed E-state index contributed by atoms with van der Waals surface area (Å²) in [7, 11) is 6.76. The Kier molecular flexibility index (Phi) is 6.79. The van der Waals surface area contributed by atoms with Crippen LogP contribution in [0.15, 0.2) is 11.6 Å². The third-order valence-electron chi connectivity index (χ3n) is 8.15. The molecule has 12 nitrogen and oxygen atoms in total. The normalized spacial score (nSPS) is 30.5. The van der Waals surface area contributed by atoms with Gasteiger partial charge in [-0.15, -0.1) is 0 Å². The molecule has 4 rings (SSSR count). The number of aliphatic hydroxyl groups excluding tert-OH is 2. The fourth-order valence-corrected chi connectivity index (χ4v) is 6.46. The summed E-state index contributed by atoms with van der Waals surface area (Å²) < 4.78 is 0. The first-order chi connectivity index (χ1) is 17.6. The Morgan fingerprint density at radius 3 is 2.34 bits per heavy atom. The molecular weight excluding hydrogens is 496 g/mol. The molecule has 2 amide bonds. The number of hydrogen-bond donors (Lipinski definition) is 6. The quantitative estimate of drug-likeness (QED) is 0.253. The van der Waals surface area contributed by atoms with E-state index in [1.807, 2.05) is 0 Å². The molecule has 0 spiro atoms. The van der Waals surface area contributed by atoms with Gasteiger partial charge in [-0.2, -0.15) is 0 Å². The summed E-state index contributed by atoms with van der Waals surface area (Å²) >= 11 is 0. The molecule has 38 heavy (non-hydrogen) atoms. The van der Waals surface area contributed by atoms with Crippen LogP contribution in [0.2, 0.25) is 0 Å². The van der Waals surface area contributed by atoms with Gasteiger partial charge in [-0.3, -0.25) is 19.2 Å². The SMILES string of the molecule is CC(=O)NCc1cc(N(C)C)c2c(c1O)C(O)=C1C(=O)[C@@]3(O)C(=O)C(C(N)=O)C(O)[C@H](N(C)C)[C@H]3C[C@H]1C2. The molecule has 1 aromatic rings. The maximum absolute atomic E-state index is 13.9. The van der Waals surface area contributed by atoms with Crippen LogP contribution in [0.4, 0.5) is 5.69 Å². The number of carbonyl (C=O) groups is 4. The summed E-state index contributed by atoms with van der Waals surface area (Å²) in [6.45, 7) is 1.28. The highest BCUT2D eigenvalue weighted by Gasteiger charge is 2.67. The van der Waals surface area contributed by atoms with Gasteiger partial charge in [0.05, 0.1) is 11.7 Å². The smallest absolute Gasteiger partial charge is 0.230 e. The van der Waals surface area contributed by atoms with Gasteiger partial charge in [-0.1, -0.05) is 0 Å². The van der Waals surface area contributed by atoms with Crippen LogP contribution in [0, 0.1) is 17.8 Å². The van der Waals surface area contributed by atoms with Crippen LogP contribution in [-0.4, -0.2) is 94.6 Å². The van der Waals surface area contributed by atoms with Gasteiger partial charge in [-0.05, 0) is 44.5 Å². The number of ketones is 2.